The molecule has 4 rings (SSSR count). The second-order valence-electron chi connectivity index (χ2n) is 6.80. The molecule has 0 amide bonds. The van der Waals surface area contributed by atoms with Crippen molar-refractivity contribution >= 4 is 0 Å². The van der Waals surface area contributed by atoms with Crippen LogP contribution in [0.5, 0.6) is 0 Å². The van der Waals surface area contributed by atoms with Crippen molar-refractivity contribution in [3.05, 3.63) is 24.0 Å². The molecular formula is C17H26N4O. The SMILES string of the molecule is C1=CO[C@H](CN2CCCC[C@H]2c2nnc3n2CCCC3)CC1. The van der Waals surface area contributed by atoms with Crippen LogP contribution in [0.3, 0.4) is 0 Å². The van der Waals surface area contributed by atoms with E-state index < -0.39 is 0 Å². The van der Waals surface area contributed by atoms with Gasteiger partial charge in [0.2, 0.25) is 0 Å². The zero-order valence-corrected chi connectivity index (χ0v) is 13.3. The van der Waals surface area contributed by atoms with E-state index in [1.807, 2.05) is 6.26 Å². The van der Waals surface area contributed by atoms with Crippen LogP contribution in [0.4, 0.5) is 0 Å². The van der Waals surface area contributed by atoms with Gasteiger partial charge in [-0.15, -0.1) is 10.2 Å². The van der Waals surface area contributed by atoms with Gasteiger partial charge in [-0.1, -0.05) is 6.42 Å². The first-order chi connectivity index (χ1) is 10.9. The fourth-order valence-corrected chi connectivity index (χ4v) is 4.06. The number of piperidine rings is 1. The molecular weight excluding hydrogens is 276 g/mol. The lowest BCUT2D eigenvalue weighted by molar-refractivity contribution is 0.0426. The fraction of sp³-hybridized carbons (Fsp3) is 0.765. The molecule has 0 aromatic carbocycles. The average molecular weight is 302 g/mol. The van der Waals surface area contributed by atoms with Crippen molar-refractivity contribution in [3.63, 3.8) is 0 Å². The van der Waals surface area contributed by atoms with Gasteiger partial charge in [-0.05, 0) is 51.1 Å². The van der Waals surface area contributed by atoms with Crippen LogP contribution in [0.15, 0.2) is 12.3 Å². The Kier molecular flexibility index (Phi) is 4.15. The Bertz CT molecular complexity index is 539. The monoisotopic (exact) mass is 302 g/mol. The van der Waals surface area contributed by atoms with Crippen LogP contribution >= 0.6 is 0 Å². The van der Waals surface area contributed by atoms with Crippen LogP contribution in [-0.4, -0.2) is 38.9 Å². The number of hydrogen-bond acceptors (Lipinski definition) is 4. The summed E-state index contributed by atoms with van der Waals surface area (Å²) in [6, 6.07) is 0.433. The summed E-state index contributed by atoms with van der Waals surface area (Å²) in [4.78, 5) is 2.60. The van der Waals surface area contributed by atoms with Crippen LogP contribution in [-0.2, 0) is 17.7 Å². The lowest BCUT2D eigenvalue weighted by atomic mass is 9.99. The average Bonchev–Trinajstić information content (AvgIpc) is 3.00. The van der Waals surface area contributed by atoms with Crippen LogP contribution in [0.25, 0.3) is 0 Å². The highest BCUT2D eigenvalue weighted by molar-refractivity contribution is 5.05. The van der Waals surface area contributed by atoms with Crippen molar-refractivity contribution in [3.8, 4) is 0 Å². The molecule has 1 aromatic heterocycles. The quantitative estimate of drug-likeness (QED) is 0.861. The Balaban J connectivity index is 1.52. The largest absolute Gasteiger partial charge is 0.497 e. The summed E-state index contributed by atoms with van der Waals surface area (Å²) in [5.74, 6) is 2.41. The van der Waals surface area contributed by atoms with Crippen LogP contribution in [0.1, 0.15) is 62.6 Å². The summed E-state index contributed by atoms with van der Waals surface area (Å²) in [5.41, 5.74) is 0. The molecule has 22 heavy (non-hydrogen) atoms. The third-order valence-electron chi connectivity index (χ3n) is 5.26. The number of likely N-dealkylation sites (tertiary alicyclic amines) is 1. The van der Waals surface area contributed by atoms with Gasteiger partial charge in [0.05, 0.1) is 12.3 Å². The molecule has 4 heterocycles. The summed E-state index contributed by atoms with van der Waals surface area (Å²) in [5, 5.41) is 9.04. The van der Waals surface area contributed by atoms with E-state index >= 15 is 0 Å². The summed E-state index contributed by atoms with van der Waals surface area (Å²) in [6.45, 7) is 3.29. The Labute approximate surface area is 132 Å². The molecule has 5 nitrogen and oxygen atoms in total. The molecule has 0 bridgehead atoms. The van der Waals surface area contributed by atoms with Crippen LogP contribution in [0.2, 0.25) is 0 Å². The Hall–Kier alpha value is -1.36. The van der Waals surface area contributed by atoms with Crippen LogP contribution < -0.4 is 0 Å². The molecule has 0 unspecified atom stereocenters. The predicted molar refractivity (Wildman–Crippen MR) is 84.4 cm³/mol. The van der Waals surface area contributed by atoms with Crippen LogP contribution in [0, 0.1) is 0 Å². The number of aryl methyl sites for hydroxylation is 1. The van der Waals surface area contributed by atoms with E-state index in [-0.39, 0.29) is 0 Å². The summed E-state index contributed by atoms with van der Waals surface area (Å²) >= 11 is 0. The third-order valence-corrected chi connectivity index (χ3v) is 5.26. The van der Waals surface area contributed by atoms with E-state index in [1.54, 1.807) is 0 Å². The van der Waals surface area contributed by atoms with Crippen molar-refractivity contribution in [1.29, 1.82) is 0 Å². The number of allylic oxidation sites excluding steroid dienone is 1. The minimum absolute atomic E-state index is 0.342. The first-order valence-corrected chi connectivity index (χ1v) is 8.88. The Morgan fingerprint density at radius 2 is 2.05 bits per heavy atom. The topological polar surface area (TPSA) is 43.2 Å². The molecule has 2 atom stereocenters. The molecule has 120 valence electrons. The highest BCUT2D eigenvalue weighted by atomic mass is 16.5. The summed E-state index contributed by atoms with van der Waals surface area (Å²) < 4.78 is 8.19. The molecule has 1 aromatic rings. The number of hydrogen-bond donors (Lipinski definition) is 0. The lowest BCUT2D eigenvalue weighted by Crippen LogP contribution is -2.41. The number of fused-ring (bicyclic) bond motifs is 1. The van der Waals surface area contributed by atoms with Gasteiger partial charge in [-0.3, -0.25) is 4.90 Å². The number of aromatic nitrogens is 3. The first-order valence-electron chi connectivity index (χ1n) is 8.88. The standard InChI is InChI=1S/C17H26N4O/c1-4-10-20(13-14-7-3-6-12-22-14)15(8-1)17-19-18-16-9-2-5-11-21(16)17/h6,12,14-15H,1-5,7-11,13H2/t14-,15-/m0/s1. The van der Waals surface area contributed by atoms with E-state index in [4.69, 9.17) is 4.74 Å². The first kappa shape index (κ1) is 14.2. The van der Waals surface area contributed by atoms with Crippen molar-refractivity contribution < 1.29 is 4.74 Å². The van der Waals surface area contributed by atoms with Gasteiger partial charge in [-0.25, -0.2) is 0 Å². The van der Waals surface area contributed by atoms with E-state index in [1.165, 1.54) is 43.8 Å². The summed E-state index contributed by atoms with van der Waals surface area (Å²) in [6.07, 6.45) is 14.0. The van der Waals surface area contributed by atoms with Gasteiger partial charge in [0.1, 0.15) is 17.8 Å². The smallest absolute Gasteiger partial charge is 0.150 e. The molecule has 5 heteroatoms. The molecule has 1 saturated heterocycles. The maximum Gasteiger partial charge on any atom is 0.150 e. The number of ether oxygens (including phenoxy) is 1. The van der Waals surface area contributed by atoms with Gasteiger partial charge in [0, 0.05) is 19.5 Å². The lowest BCUT2D eigenvalue weighted by Gasteiger charge is -2.37. The van der Waals surface area contributed by atoms with Gasteiger partial charge in [0.25, 0.3) is 0 Å². The molecule has 0 spiro atoms. The Morgan fingerprint density at radius 3 is 2.95 bits per heavy atom. The summed E-state index contributed by atoms with van der Waals surface area (Å²) in [7, 11) is 0. The Morgan fingerprint density at radius 1 is 1.09 bits per heavy atom. The highest BCUT2D eigenvalue weighted by Gasteiger charge is 2.31. The molecule has 3 aliphatic rings. The molecule has 0 N–H and O–H groups in total. The van der Waals surface area contributed by atoms with Gasteiger partial charge in [0.15, 0.2) is 0 Å². The molecule has 0 aliphatic carbocycles. The predicted octanol–water partition coefficient (Wildman–Crippen LogP) is 2.83. The maximum atomic E-state index is 5.79. The molecule has 0 saturated carbocycles. The van der Waals surface area contributed by atoms with E-state index in [0.717, 1.165) is 38.9 Å². The molecule has 0 radical (unpaired) electrons. The van der Waals surface area contributed by atoms with Crippen molar-refractivity contribution in [2.75, 3.05) is 13.1 Å². The zero-order chi connectivity index (χ0) is 14.8. The van der Waals surface area contributed by atoms with E-state index in [9.17, 15) is 0 Å². The van der Waals surface area contributed by atoms with Crippen molar-refractivity contribution in [2.45, 2.75) is 70.1 Å². The van der Waals surface area contributed by atoms with Crippen molar-refractivity contribution in [2.24, 2.45) is 0 Å². The third kappa shape index (κ3) is 2.78. The molecule has 1 fully saturated rings. The number of nitrogens with zero attached hydrogens (tertiary/aromatic N) is 4. The highest BCUT2D eigenvalue weighted by Crippen LogP contribution is 2.32. The fourth-order valence-electron chi connectivity index (χ4n) is 4.06. The van der Waals surface area contributed by atoms with Gasteiger partial charge >= 0.3 is 0 Å². The normalized spacial score (nSPS) is 29.1. The minimum atomic E-state index is 0.342. The second-order valence-corrected chi connectivity index (χ2v) is 6.80. The second kappa shape index (κ2) is 6.41. The van der Waals surface area contributed by atoms with Gasteiger partial charge in [-0.2, -0.15) is 0 Å². The molecule has 3 aliphatic heterocycles. The van der Waals surface area contributed by atoms with Gasteiger partial charge < -0.3 is 9.30 Å². The van der Waals surface area contributed by atoms with E-state index in [2.05, 4.69) is 25.7 Å². The van der Waals surface area contributed by atoms with Crippen molar-refractivity contribution in [1.82, 2.24) is 19.7 Å². The number of rotatable bonds is 3. The van der Waals surface area contributed by atoms with E-state index in [0.29, 0.717) is 12.1 Å². The maximum absolute atomic E-state index is 5.79. The minimum Gasteiger partial charge on any atom is -0.497 e. The zero-order valence-electron chi connectivity index (χ0n) is 13.3.